The molecule has 1 heterocycles. The molecule has 2 aromatic carbocycles. The molecule has 0 aliphatic rings. The van der Waals surface area contributed by atoms with Gasteiger partial charge in [-0.3, -0.25) is 4.79 Å². The van der Waals surface area contributed by atoms with Crippen molar-refractivity contribution in [2.45, 2.75) is 20.0 Å². The van der Waals surface area contributed by atoms with Crippen LogP contribution in [0, 0.1) is 12.7 Å². The number of fused-ring (bicyclic) bond motifs is 1. The minimum Gasteiger partial charge on any atom is -0.350 e. The van der Waals surface area contributed by atoms with Crippen LogP contribution in [-0.2, 0) is 17.9 Å². The first-order valence-electron chi connectivity index (χ1n) is 7.07. The Morgan fingerprint density at radius 1 is 1.18 bits per heavy atom. The van der Waals surface area contributed by atoms with Crippen LogP contribution in [0.1, 0.15) is 11.4 Å². The first kappa shape index (κ1) is 14.3. The van der Waals surface area contributed by atoms with Crippen LogP contribution in [0.5, 0.6) is 0 Å². The molecule has 0 atom stereocenters. The SMILES string of the molecule is Cc1nc2ccccc2n1CC(=O)NCc1ccccc1F. The van der Waals surface area contributed by atoms with Crippen molar-refractivity contribution in [2.24, 2.45) is 0 Å². The van der Waals surface area contributed by atoms with Crippen LogP contribution in [0.15, 0.2) is 48.5 Å². The van der Waals surface area contributed by atoms with Gasteiger partial charge in [0.05, 0.1) is 11.0 Å². The number of halogens is 1. The Balaban J connectivity index is 1.71. The third-order valence-electron chi connectivity index (χ3n) is 3.58. The first-order chi connectivity index (χ1) is 10.6. The van der Waals surface area contributed by atoms with Gasteiger partial charge in [-0.15, -0.1) is 0 Å². The number of rotatable bonds is 4. The molecule has 5 heteroatoms. The van der Waals surface area contributed by atoms with E-state index in [-0.39, 0.29) is 24.8 Å². The van der Waals surface area contributed by atoms with E-state index in [1.54, 1.807) is 18.2 Å². The number of nitrogens with one attached hydrogen (secondary N) is 1. The Labute approximate surface area is 127 Å². The summed E-state index contributed by atoms with van der Waals surface area (Å²) in [6, 6.07) is 14.1. The predicted molar refractivity (Wildman–Crippen MR) is 82.7 cm³/mol. The number of carbonyl (C=O) groups is 1. The van der Waals surface area contributed by atoms with Crippen LogP contribution in [0.2, 0.25) is 0 Å². The maximum Gasteiger partial charge on any atom is 0.240 e. The van der Waals surface area contributed by atoms with Gasteiger partial charge in [0.25, 0.3) is 0 Å². The van der Waals surface area contributed by atoms with Crippen molar-refractivity contribution >= 4 is 16.9 Å². The zero-order valence-electron chi connectivity index (χ0n) is 12.2. The average Bonchev–Trinajstić information content (AvgIpc) is 2.83. The summed E-state index contributed by atoms with van der Waals surface area (Å²) in [6.45, 7) is 2.21. The van der Waals surface area contributed by atoms with E-state index >= 15 is 0 Å². The van der Waals surface area contributed by atoms with Crippen molar-refractivity contribution in [3.8, 4) is 0 Å². The molecule has 0 spiro atoms. The number of benzene rings is 2. The molecule has 112 valence electrons. The van der Waals surface area contributed by atoms with Gasteiger partial charge in [0.15, 0.2) is 0 Å². The predicted octanol–water partition coefficient (Wildman–Crippen LogP) is 2.80. The number of amides is 1. The molecule has 0 fully saturated rings. The van der Waals surface area contributed by atoms with Gasteiger partial charge >= 0.3 is 0 Å². The highest BCUT2D eigenvalue weighted by Gasteiger charge is 2.11. The van der Waals surface area contributed by atoms with Gasteiger partial charge in [-0.25, -0.2) is 9.37 Å². The second kappa shape index (κ2) is 5.97. The van der Waals surface area contributed by atoms with Crippen molar-refractivity contribution in [2.75, 3.05) is 0 Å². The van der Waals surface area contributed by atoms with Crippen molar-refractivity contribution in [3.63, 3.8) is 0 Å². The lowest BCUT2D eigenvalue weighted by atomic mass is 10.2. The van der Waals surface area contributed by atoms with E-state index in [0.717, 1.165) is 16.9 Å². The number of imidazole rings is 1. The van der Waals surface area contributed by atoms with Gasteiger partial charge in [-0.2, -0.15) is 0 Å². The molecule has 3 aromatic rings. The van der Waals surface area contributed by atoms with Gasteiger partial charge in [-0.05, 0) is 25.1 Å². The summed E-state index contributed by atoms with van der Waals surface area (Å²) < 4.78 is 15.4. The summed E-state index contributed by atoms with van der Waals surface area (Å²) in [4.78, 5) is 16.5. The lowest BCUT2D eigenvalue weighted by Crippen LogP contribution is -2.27. The van der Waals surface area contributed by atoms with Crippen molar-refractivity contribution in [1.29, 1.82) is 0 Å². The Morgan fingerprint density at radius 3 is 2.73 bits per heavy atom. The molecule has 0 saturated carbocycles. The zero-order valence-corrected chi connectivity index (χ0v) is 12.2. The highest BCUT2D eigenvalue weighted by molar-refractivity contribution is 5.81. The maximum absolute atomic E-state index is 13.5. The minimum absolute atomic E-state index is 0.167. The molecule has 1 amide bonds. The monoisotopic (exact) mass is 297 g/mol. The zero-order chi connectivity index (χ0) is 15.5. The van der Waals surface area contributed by atoms with Gasteiger partial charge in [0.1, 0.15) is 18.2 Å². The van der Waals surface area contributed by atoms with Crippen molar-refractivity contribution in [1.82, 2.24) is 14.9 Å². The number of hydrogen-bond acceptors (Lipinski definition) is 2. The van der Waals surface area contributed by atoms with Crippen LogP contribution in [0.4, 0.5) is 4.39 Å². The molecular formula is C17H16FN3O. The maximum atomic E-state index is 13.5. The second-order valence-electron chi connectivity index (χ2n) is 5.10. The Morgan fingerprint density at radius 2 is 1.91 bits per heavy atom. The van der Waals surface area contributed by atoms with E-state index in [4.69, 9.17) is 0 Å². The Hall–Kier alpha value is -2.69. The number of aryl methyl sites for hydroxylation is 1. The lowest BCUT2D eigenvalue weighted by molar-refractivity contribution is -0.121. The van der Waals surface area contributed by atoms with Gasteiger partial charge in [-0.1, -0.05) is 30.3 Å². The third kappa shape index (κ3) is 2.83. The van der Waals surface area contributed by atoms with E-state index in [9.17, 15) is 9.18 Å². The van der Waals surface area contributed by atoms with Crippen molar-refractivity contribution < 1.29 is 9.18 Å². The van der Waals surface area contributed by atoms with Crippen LogP contribution in [0.3, 0.4) is 0 Å². The number of carbonyl (C=O) groups excluding carboxylic acids is 1. The molecule has 4 nitrogen and oxygen atoms in total. The molecule has 0 saturated heterocycles. The summed E-state index contributed by atoms with van der Waals surface area (Å²) in [5.74, 6) is 0.295. The molecule has 0 bridgehead atoms. The largest absolute Gasteiger partial charge is 0.350 e. The van der Waals surface area contributed by atoms with Gasteiger partial charge in [0.2, 0.25) is 5.91 Å². The summed E-state index contributed by atoms with van der Waals surface area (Å²) in [5.41, 5.74) is 2.26. The summed E-state index contributed by atoms with van der Waals surface area (Å²) in [7, 11) is 0. The summed E-state index contributed by atoms with van der Waals surface area (Å²) >= 11 is 0. The molecular weight excluding hydrogens is 281 g/mol. The molecule has 0 radical (unpaired) electrons. The molecule has 0 unspecified atom stereocenters. The van der Waals surface area contributed by atoms with E-state index in [2.05, 4.69) is 10.3 Å². The Kier molecular flexibility index (Phi) is 3.87. The van der Waals surface area contributed by atoms with E-state index < -0.39 is 0 Å². The lowest BCUT2D eigenvalue weighted by Gasteiger charge is -2.09. The first-order valence-corrected chi connectivity index (χ1v) is 7.07. The molecule has 22 heavy (non-hydrogen) atoms. The third-order valence-corrected chi connectivity index (χ3v) is 3.58. The Bertz CT molecular complexity index is 826. The van der Waals surface area contributed by atoms with Gasteiger partial charge < -0.3 is 9.88 Å². The van der Waals surface area contributed by atoms with Crippen molar-refractivity contribution in [3.05, 3.63) is 65.7 Å². The average molecular weight is 297 g/mol. The van der Waals surface area contributed by atoms with E-state index in [0.29, 0.717) is 5.56 Å². The molecule has 1 aromatic heterocycles. The van der Waals surface area contributed by atoms with Crippen LogP contribution >= 0.6 is 0 Å². The standard InChI is InChI=1S/C17H16FN3O/c1-12-20-15-8-4-5-9-16(15)21(12)11-17(22)19-10-13-6-2-3-7-14(13)18/h2-9H,10-11H2,1H3,(H,19,22). The van der Waals surface area contributed by atoms with Crippen LogP contribution in [-0.4, -0.2) is 15.5 Å². The topological polar surface area (TPSA) is 46.9 Å². The summed E-state index contributed by atoms with van der Waals surface area (Å²) in [6.07, 6.45) is 0. The fourth-order valence-electron chi connectivity index (χ4n) is 2.43. The quantitative estimate of drug-likeness (QED) is 0.805. The molecule has 0 aliphatic heterocycles. The molecule has 0 aliphatic carbocycles. The normalized spacial score (nSPS) is 10.8. The molecule has 3 rings (SSSR count). The number of hydrogen-bond donors (Lipinski definition) is 1. The highest BCUT2D eigenvalue weighted by atomic mass is 19.1. The van der Waals surface area contributed by atoms with Crippen LogP contribution in [0.25, 0.3) is 11.0 Å². The summed E-state index contributed by atoms with van der Waals surface area (Å²) in [5, 5.41) is 2.74. The number of aromatic nitrogens is 2. The van der Waals surface area contributed by atoms with E-state index in [1.165, 1.54) is 6.07 Å². The highest BCUT2D eigenvalue weighted by Crippen LogP contribution is 2.15. The fourth-order valence-corrected chi connectivity index (χ4v) is 2.43. The smallest absolute Gasteiger partial charge is 0.240 e. The van der Waals surface area contributed by atoms with Gasteiger partial charge in [0, 0.05) is 12.1 Å². The second-order valence-corrected chi connectivity index (χ2v) is 5.10. The van der Waals surface area contributed by atoms with Crippen LogP contribution < -0.4 is 5.32 Å². The van der Waals surface area contributed by atoms with E-state index in [1.807, 2.05) is 35.8 Å². The fraction of sp³-hybridized carbons (Fsp3) is 0.176. The molecule has 1 N–H and O–H groups in total. The minimum atomic E-state index is -0.313. The number of para-hydroxylation sites is 2. The number of nitrogens with zero attached hydrogens (tertiary/aromatic N) is 2.